The molecule has 1 fully saturated rings. The van der Waals surface area contributed by atoms with Crippen molar-refractivity contribution in [1.29, 1.82) is 0 Å². The molecule has 2 heterocycles. The summed E-state index contributed by atoms with van der Waals surface area (Å²) in [5.41, 5.74) is 0.863. The second kappa shape index (κ2) is 7.36. The summed E-state index contributed by atoms with van der Waals surface area (Å²) < 4.78 is 40.6. The van der Waals surface area contributed by atoms with E-state index in [2.05, 4.69) is 14.8 Å². The Morgan fingerprint density at radius 3 is 2.81 bits per heavy atom. The normalized spacial score (nSPS) is 19.9. The first-order valence-corrected chi connectivity index (χ1v) is 9.53. The van der Waals surface area contributed by atoms with Crippen molar-refractivity contribution in [3.63, 3.8) is 0 Å². The Kier molecular flexibility index (Phi) is 4.92. The van der Waals surface area contributed by atoms with Crippen molar-refractivity contribution >= 4 is 23.4 Å². The second-order valence-electron chi connectivity index (χ2n) is 6.23. The molecule has 8 heteroatoms. The summed E-state index contributed by atoms with van der Waals surface area (Å²) in [6.07, 6.45) is -1.38. The van der Waals surface area contributed by atoms with Crippen molar-refractivity contribution in [2.75, 3.05) is 17.7 Å². The summed E-state index contributed by atoms with van der Waals surface area (Å²) in [4.78, 5) is 13.5. The number of benzene rings is 2. The van der Waals surface area contributed by atoms with E-state index in [0.717, 1.165) is 30.1 Å². The number of carbonyl (C=O) groups is 1. The van der Waals surface area contributed by atoms with E-state index >= 15 is 0 Å². The molecule has 2 aromatic carbocycles. The minimum Gasteiger partial charge on any atom is -0.395 e. The molecule has 142 valence electrons. The minimum atomic E-state index is -3.68. The zero-order valence-electron chi connectivity index (χ0n) is 14.2. The second-order valence-corrected chi connectivity index (χ2v) is 7.29. The van der Waals surface area contributed by atoms with Crippen LogP contribution in [0.1, 0.15) is 23.2 Å². The fourth-order valence-electron chi connectivity index (χ4n) is 2.96. The number of fused-ring (bicyclic) bond motifs is 1. The molecule has 0 saturated carbocycles. The largest absolute Gasteiger partial charge is 0.586 e. The van der Waals surface area contributed by atoms with E-state index in [1.54, 1.807) is 23.9 Å². The Hall–Kier alpha value is -2.32. The Labute approximate surface area is 159 Å². The third-order valence-electron chi connectivity index (χ3n) is 4.24. The number of nitrogens with one attached hydrogen (secondary N) is 1. The van der Waals surface area contributed by atoms with E-state index in [1.807, 2.05) is 12.1 Å². The van der Waals surface area contributed by atoms with Gasteiger partial charge in [-0.1, -0.05) is 12.1 Å². The zero-order valence-corrected chi connectivity index (χ0v) is 15.1. The number of ether oxygens (including phenoxy) is 3. The molecular formula is C19H17F2NO4S. The lowest BCUT2D eigenvalue weighted by Gasteiger charge is -2.12. The Morgan fingerprint density at radius 2 is 2.00 bits per heavy atom. The zero-order chi connectivity index (χ0) is 18.9. The maximum Gasteiger partial charge on any atom is 0.586 e. The van der Waals surface area contributed by atoms with Gasteiger partial charge in [-0.15, -0.1) is 20.5 Å². The number of halogens is 2. The van der Waals surface area contributed by atoms with Crippen molar-refractivity contribution in [2.45, 2.75) is 30.1 Å². The van der Waals surface area contributed by atoms with Crippen LogP contribution in [-0.4, -0.2) is 30.7 Å². The lowest BCUT2D eigenvalue weighted by molar-refractivity contribution is -0.286. The van der Waals surface area contributed by atoms with Crippen molar-refractivity contribution < 1.29 is 27.8 Å². The van der Waals surface area contributed by atoms with Crippen molar-refractivity contribution in [2.24, 2.45) is 0 Å². The van der Waals surface area contributed by atoms with Crippen molar-refractivity contribution in [1.82, 2.24) is 0 Å². The molecule has 0 spiro atoms. The highest BCUT2D eigenvalue weighted by molar-refractivity contribution is 7.99. The SMILES string of the molecule is O=C(Nc1ccc2c(c1)OC(F)(F)O2)c1ccccc1SCC1CCCO1. The van der Waals surface area contributed by atoms with E-state index in [-0.39, 0.29) is 23.5 Å². The highest BCUT2D eigenvalue weighted by Gasteiger charge is 2.43. The summed E-state index contributed by atoms with van der Waals surface area (Å²) >= 11 is 1.57. The molecule has 1 N–H and O–H groups in total. The van der Waals surface area contributed by atoms with Crippen LogP contribution in [0, 0.1) is 0 Å². The van der Waals surface area contributed by atoms with Crippen LogP contribution in [0.25, 0.3) is 0 Å². The minimum absolute atomic E-state index is 0.0643. The first-order valence-electron chi connectivity index (χ1n) is 8.55. The monoisotopic (exact) mass is 393 g/mol. The fraction of sp³-hybridized carbons (Fsp3) is 0.316. The highest BCUT2D eigenvalue weighted by atomic mass is 32.2. The molecule has 2 aromatic rings. The van der Waals surface area contributed by atoms with Crippen LogP contribution in [0.5, 0.6) is 11.5 Å². The smallest absolute Gasteiger partial charge is 0.395 e. The van der Waals surface area contributed by atoms with Gasteiger partial charge in [0.2, 0.25) is 0 Å². The number of anilines is 1. The molecule has 1 amide bonds. The van der Waals surface area contributed by atoms with Gasteiger partial charge in [0.05, 0.1) is 11.7 Å². The average molecular weight is 393 g/mol. The third kappa shape index (κ3) is 4.17. The molecule has 2 aliphatic heterocycles. The molecule has 0 aromatic heterocycles. The van der Waals surface area contributed by atoms with Gasteiger partial charge in [0.25, 0.3) is 5.91 Å². The molecule has 0 aliphatic carbocycles. The van der Waals surface area contributed by atoms with Gasteiger partial charge in [0, 0.05) is 29.0 Å². The number of rotatable bonds is 5. The summed E-state index contributed by atoms with van der Waals surface area (Å²) in [6.45, 7) is 0.788. The third-order valence-corrected chi connectivity index (χ3v) is 5.44. The van der Waals surface area contributed by atoms with Crippen LogP contribution in [0.2, 0.25) is 0 Å². The number of carbonyl (C=O) groups excluding carboxylic acids is 1. The summed E-state index contributed by atoms with van der Waals surface area (Å²) in [5.74, 6) is 0.282. The van der Waals surface area contributed by atoms with Gasteiger partial charge in [-0.25, -0.2) is 0 Å². The van der Waals surface area contributed by atoms with Gasteiger partial charge >= 0.3 is 6.29 Å². The maximum absolute atomic E-state index is 13.1. The van der Waals surface area contributed by atoms with E-state index in [1.165, 1.54) is 18.2 Å². The van der Waals surface area contributed by atoms with E-state index < -0.39 is 6.29 Å². The number of hydrogen-bond acceptors (Lipinski definition) is 5. The Balaban J connectivity index is 1.46. The van der Waals surface area contributed by atoms with Crippen molar-refractivity contribution in [3.05, 3.63) is 48.0 Å². The summed E-state index contributed by atoms with van der Waals surface area (Å²) in [7, 11) is 0. The molecule has 1 atom stereocenters. The number of hydrogen-bond donors (Lipinski definition) is 1. The van der Waals surface area contributed by atoms with E-state index in [4.69, 9.17) is 4.74 Å². The van der Waals surface area contributed by atoms with Gasteiger partial charge in [-0.3, -0.25) is 4.79 Å². The van der Waals surface area contributed by atoms with Gasteiger partial charge in [-0.05, 0) is 37.1 Å². The highest BCUT2D eigenvalue weighted by Crippen LogP contribution is 2.42. The molecule has 1 saturated heterocycles. The molecule has 1 unspecified atom stereocenters. The summed E-state index contributed by atoms with van der Waals surface area (Å²) in [5, 5.41) is 2.72. The number of amides is 1. The Bertz CT molecular complexity index is 855. The standard InChI is InChI=1S/C19H17F2NO4S/c20-19(21)25-15-8-7-12(10-16(15)26-19)22-18(23)14-5-1-2-6-17(14)27-11-13-4-3-9-24-13/h1-2,5-8,10,13H,3-4,9,11H2,(H,22,23). The van der Waals surface area contributed by atoms with Crippen LogP contribution in [-0.2, 0) is 4.74 Å². The van der Waals surface area contributed by atoms with Gasteiger partial charge in [0.15, 0.2) is 11.5 Å². The molecular weight excluding hydrogens is 376 g/mol. The topological polar surface area (TPSA) is 56.8 Å². The fourth-order valence-corrected chi connectivity index (χ4v) is 4.08. The molecule has 5 nitrogen and oxygen atoms in total. The molecule has 27 heavy (non-hydrogen) atoms. The van der Waals surface area contributed by atoms with Gasteiger partial charge in [0.1, 0.15) is 0 Å². The molecule has 0 radical (unpaired) electrons. The summed E-state index contributed by atoms with van der Waals surface area (Å²) in [6, 6.07) is 11.4. The first-order chi connectivity index (χ1) is 13.0. The van der Waals surface area contributed by atoms with Crippen LogP contribution in [0.3, 0.4) is 0 Å². The lowest BCUT2D eigenvalue weighted by Crippen LogP contribution is -2.25. The quantitative estimate of drug-likeness (QED) is 0.757. The van der Waals surface area contributed by atoms with Crippen LogP contribution in [0.4, 0.5) is 14.5 Å². The molecule has 0 bridgehead atoms. The maximum atomic E-state index is 13.1. The number of alkyl halides is 2. The first kappa shape index (κ1) is 18.1. The van der Waals surface area contributed by atoms with Crippen LogP contribution >= 0.6 is 11.8 Å². The average Bonchev–Trinajstić information content (AvgIpc) is 3.25. The van der Waals surface area contributed by atoms with E-state index in [0.29, 0.717) is 11.3 Å². The van der Waals surface area contributed by atoms with Gasteiger partial charge < -0.3 is 19.5 Å². The van der Waals surface area contributed by atoms with Crippen LogP contribution in [0.15, 0.2) is 47.4 Å². The van der Waals surface area contributed by atoms with Crippen molar-refractivity contribution in [3.8, 4) is 11.5 Å². The van der Waals surface area contributed by atoms with Gasteiger partial charge in [-0.2, -0.15) is 0 Å². The number of thioether (sulfide) groups is 1. The van der Waals surface area contributed by atoms with E-state index in [9.17, 15) is 13.6 Å². The lowest BCUT2D eigenvalue weighted by atomic mass is 10.2. The van der Waals surface area contributed by atoms with Crippen LogP contribution < -0.4 is 14.8 Å². The predicted octanol–water partition coefficient (Wildman–Crippen LogP) is 4.53. The molecule has 2 aliphatic rings. The molecule has 4 rings (SSSR count). The Morgan fingerprint density at radius 1 is 1.19 bits per heavy atom. The predicted molar refractivity (Wildman–Crippen MR) is 96.7 cm³/mol.